The van der Waals surface area contributed by atoms with E-state index < -0.39 is 0 Å². The van der Waals surface area contributed by atoms with Gasteiger partial charge in [0.1, 0.15) is 0 Å². The Morgan fingerprint density at radius 3 is 2.73 bits per heavy atom. The summed E-state index contributed by atoms with van der Waals surface area (Å²) in [5.41, 5.74) is 5.56. The van der Waals surface area contributed by atoms with Crippen molar-refractivity contribution in [3.8, 4) is 0 Å². The Balaban J connectivity index is 3.42. The summed E-state index contributed by atoms with van der Waals surface area (Å²) < 4.78 is 0. The summed E-state index contributed by atoms with van der Waals surface area (Å²) in [4.78, 5) is 0. The lowest BCUT2D eigenvalue weighted by Crippen LogP contribution is -1.88. The van der Waals surface area contributed by atoms with E-state index in [4.69, 9.17) is 5.73 Å². The first-order valence-electron chi connectivity index (χ1n) is 3.46. The van der Waals surface area contributed by atoms with E-state index in [2.05, 4.69) is 12.3 Å². The van der Waals surface area contributed by atoms with Gasteiger partial charge in [0.2, 0.25) is 0 Å². The van der Waals surface area contributed by atoms with Crippen molar-refractivity contribution < 1.29 is 0 Å². The van der Waals surface area contributed by atoms with Crippen LogP contribution in [-0.2, 0) is 0 Å². The van der Waals surface area contributed by atoms with Crippen molar-refractivity contribution in [1.29, 1.82) is 0 Å². The van der Waals surface area contributed by atoms with Crippen LogP contribution in [-0.4, -0.2) is 18.3 Å². The Hall–Kier alpha value is -0.0200. The van der Waals surface area contributed by atoms with Gasteiger partial charge in [-0.1, -0.05) is 12.2 Å². The Kier molecular flexibility index (Phi) is 8.07. The molecule has 0 rings (SSSR count). The van der Waals surface area contributed by atoms with Gasteiger partial charge in [-0.15, -0.1) is 11.8 Å². The summed E-state index contributed by atoms with van der Waals surface area (Å²) in [5, 5.41) is 0.866. The Labute approximate surface area is 77.5 Å². The maximum absolute atomic E-state index is 5.56. The summed E-state index contributed by atoms with van der Waals surface area (Å²) in [6, 6.07) is 0. The summed E-state index contributed by atoms with van der Waals surface area (Å²) in [6.45, 7) is 0. The van der Waals surface area contributed by atoms with Gasteiger partial charge in [-0.05, 0) is 30.8 Å². The summed E-state index contributed by atoms with van der Waals surface area (Å²) in [7, 11) is 0. The smallest absolute Gasteiger partial charge is 0.0652 e. The second-order valence-electron chi connectivity index (χ2n) is 1.98. The van der Waals surface area contributed by atoms with E-state index in [1.165, 1.54) is 5.75 Å². The molecule has 0 heterocycles. The van der Waals surface area contributed by atoms with Crippen molar-refractivity contribution in [2.75, 3.05) is 18.3 Å². The van der Waals surface area contributed by atoms with Crippen LogP contribution in [0.1, 0.15) is 6.42 Å². The van der Waals surface area contributed by atoms with Gasteiger partial charge in [-0.2, -0.15) is 11.8 Å². The Morgan fingerprint density at radius 1 is 1.45 bits per heavy atom. The van der Waals surface area contributed by atoms with Gasteiger partial charge < -0.3 is 5.73 Å². The molecule has 3 heteroatoms. The first-order chi connectivity index (χ1) is 5.31. The maximum Gasteiger partial charge on any atom is 0.0652 e. The molecule has 0 atom stereocenters. The van der Waals surface area contributed by atoms with Gasteiger partial charge in [-0.3, -0.25) is 0 Å². The molecule has 0 fully saturated rings. The average Bonchev–Trinajstić information content (AvgIpc) is 2.04. The predicted octanol–water partition coefficient (Wildman–Crippen LogP) is 2.46. The van der Waals surface area contributed by atoms with Gasteiger partial charge in [-0.25, -0.2) is 0 Å². The molecule has 0 bridgehead atoms. The molecule has 0 aliphatic heterocycles. The number of thioether (sulfide) groups is 2. The monoisotopic (exact) mass is 189 g/mol. The minimum atomic E-state index is 0.866. The number of allylic oxidation sites excluding steroid dienone is 3. The minimum absolute atomic E-state index is 0.866. The van der Waals surface area contributed by atoms with Gasteiger partial charge in [0, 0.05) is 0 Å². The summed E-state index contributed by atoms with van der Waals surface area (Å²) in [5.74, 6) is 1.18. The standard InChI is InChI=1S/C8H15NS2/c1-10-7-5-3-4-6-8(9)11-2/h3-4,6H,5,7,9H2,1-2H3/b4-3-,8-6+. The molecular formula is C8H15NS2. The molecule has 0 aliphatic rings. The van der Waals surface area contributed by atoms with Gasteiger partial charge in [0.25, 0.3) is 0 Å². The van der Waals surface area contributed by atoms with Gasteiger partial charge >= 0.3 is 0 Å². The highest BCUT2D eigenvalue weighted by atomic mass is 32.2. The summed E-state index contributed by atoms with van der Waals surface area (Å²) >= 11 is 3.43. The second-order valence-corrected chi connectivity index (χ2v) is 3.85. The molecule has 0 amide bonds. The van der Waals surface area contributed by atoms with E-state index >= 15 is 0 Å². The zero-order valence-corrected chi connectivity index (χ0v) is 8.67. The van der Waals surface area contributed by atoms with Crippen LogP contribution in [0.3, 0.4) is 0 Å². The fraction of sp³-hybridized carbons (Fsp3) is 0.500. The first kappa shape index (κ1) is 11.0. The van der Waals surface area contributed by atoms with Crippen LogP contribution in [0.2, 0.25) is 0 Å². The lowest BCUT2D eigenvalue weighted by Gasteiger charge is -1.90. The third-order valence-electron chi connectivity index (χ3n) is 1.12. The third-order valence-corrected chi connectivity index (χ3v) is 2.37. The van der Waals surface area contributed by atoms with E-state index in [-0.39, 0.29) is 0 Å². The highest BCUT2D eigenvalue weighted by molar-refractivity contribution is 8.02. The molecule has 0 saturated carbocycles. The predicted molar refractivity (Wildman–Crippen MR) is 57.9 cm³/mol. The lowest BCUT2D eigenvalue weighted by molar-refractivity contribution is 1.25. The van der Waals surface area contributed by atoms with E-state index in [0.717, 1.165) is 11.4 Å². The highest BCUT2D eigenvalue weighted by Gasteiger charge is 1.79. The average molecular weight is 189 g/mol. The van der Waals surface area contributed by atoms with E-state index in [0.29, 0.717) is 0 Å². The normalized spacial score (nSPS) is 12.7. The van der Waals surface area contributed by atoms with Crippen molar-refractivity contribution in [1.82, 2.24) is 0 Å². The minimum Gasteiger partial charge on any atom is -0.394 e. The molecule has 0 spiro atoms. The Morgan fingerprint density at radius 2 is 2.18 bits per heavy atom. The van der Waals surface area contributed by atoms with E-state index in [1.54, 1.807) is 11.8 Å². The molecule has 64 valence electrons. The van der Waals surface area contributed by atoms with Crippen LogP contribution in [0.5, 0.6) is 0 Å². The third kappa shape index (κ3) is 7.88. The maximum atomic E-state index is 5.56. The molecule has 11 heavy (non-hydrogen) atoms. The van der Waals surface area contributed by atoms with Crippen molar-refractivity contribution in [3.63, 3.8) is 0 Å². The zero-order chi connectivity index (χ0) is 8.53. The summed E-state index contributed by atoms with van der Waals surface area (Å²) in [6.07, 6.45) is 11.3. The van der Waals surface area contributed by atoms with Crippen molar-refractivity contribution >= 4 is 23.5 Å². The van der Waals surface area contributed by atoms with Crippen molar-refractivity contribution in [2.45, 2.75) is 6.42 Å². The molecule has 0 saturated heterocycles. The van der Waals surface area contributed by atoms with Crippen LogP contribution in [0, 0.1) is 0 Å². The van der Waals surface area contributed by atoms with Crippen LogP contribution >= 0.6 is 23.5 Å². The SMILES string of the molecule is CSCC/C=C\C=C(/N)SC. The van der Waals surface area contributed by atoms with Crippen molar-refractivity contribution in [2.24, 2.45) is 5.73 Å². The van der Waals surface area contributed by atoms with Crippen LogP contribution in [0.25, 0.3) is 0 Å². The Bertz CT molecular complexity index is 141. The molecule has 0 unspecified atom stereocenters. The zero-order valence-electron chi connectivity index (χ0n) is 7.04. The van der Waals surface area contributed by atoms with Gasteiger partial charge in [0.15, 0.2) is 0 Å². The first-order valence-corrected chi connectivity index (χ1v) is 6.08. The van der Waals surface area contributed by atoms with Crippen LogP contribution in [0.15, 0.2) is 23.3 Å². The quantitative estimate of drug-likeness (QED) is 0.531. The van der Waals surface area contributed by atoms with Gasteiger partial charge in [0.05, 0.1) is 5.03 Å². The fourth-order valence-corrected chi connectivity index (χ4v) is 1.10. The molecule has 0 radical (unpaired) electrons. The van der Waals surface area contributed by atoms with Crippen molar-refractivity contribution in [3.05, 3.63) is 23.3 Å². The number of hydrogen-bond donors (Lipinski definition) is 1. The highest BCUT2D eigenvalue weighted by Crippen LogP contribution is 2.03. The largest absolute Gasteiger partial charge is 0.394 e. The molecule has 0 aromatic heterocycles. The molecule has 0 aromatic rings. The van der Waals surface area contributed by atoms with Crippen LogP contribution in [0.4, 0.5) is 0 Å². The number of nitrogens with two attached hydrogens (primary N) is 1. The molecule has 0 aliphatic carbocycles. The lowest BCUT2D eigenvalue weighted by atomic mass is 10.4. The van der Waals surface area contributed by atoms with Crippen LogP contribution < -0.4 is 5.73 Å². The molecule has 2 N–H and O–H groups in total. The number of rotatable bonds is 5. The topological polar surface area (TPSA) is 26.0 Å². The second kappa shape index (κ2) is 8.08. The van der Waals surface area contributed by atoms with E-state index in [9.17, 15) is 0 Å². The molecular weight excluding hydrogens is 174 g/mol. The molecule has 1 nitrogen and oxygen atoms in total. The number of hydrogen-bond acceptors (Lipinski definition) is 3. The van der Waals surface area contributed by atoms with E-state index in [1.807, 2.05) is 30.2 Å². The molecule has 0 aromatic carbocycles. The fourth-order valence-electron chi connectivity index (χ4n) is 0.513.